The molecule has 0 fully saturated rings. The maximum absolute atomic E-state index is 12.6. The van der Waals surface area contributed by atoms with E-state index in [2.05, 4.69) is 15.3 Å². The number of nitrogens with two attached hydrogens (primary N) is 1. The first-order valence-electron chi connectivity index (χ1n) is 7.86. The first-order valence-corrected chi connectivity index (χ1v) is 9.12. The number of aromatic nitrogens is 2. The number of furan rings is 1. The zero-order valence-electron chi connectivity index (χ0n) is 14.0. The molecule has 2 amide bonds. The summed E-state index contributed by atoms with van der Waals surface area (Å²) in [7, 11) is 0. The van der Waals surface area contributed by atoms with E-state index in [0.29, 0.717) is 38.3 Å². The van der Waals surface area contributed by atoms with E-state index in [1.165, 1.54) is 11.3 Å². The maximum Gasteiger partial charge on any atom is 0.293 e. The lowest BCUT2D eigenvalue weighted by Gasteiger charge is -1.99. The Morgan fingerprint density at radius 1 is 1.33 bits per heavy atom. The minimum Gasteiger partial charge on any atom is -0.451 e. The van der Waals surface area contributed by atoms with Crippen LogP contribution < -0.4 is 11.1 Å². The van der Waals surface area contributed by atoms with Gasteiger partial charge in [-0.1, -0.05) is 11.6 Å². The van der Waals surface area contributed by atoms with Gasteiger partial charge in [0, 0.05) is 33.1 Å². The third-order valence-corrected chi connectivity index (χ3v) is 5.07. The van der Waals surface area contributed by atoms with Gasteiger partial charge in [-0.2, -0.15) is 0 Å². The Morgan fingerprint density at radius 2 is 2.15 bits per heavy atom. The molecule has 0 saturated carbocycles. The molecule has 0 aliphatic carbocycles. The Bertz CT molecular complexity index is 1190. The number of nitrogens with zero attached hydrogens (tertiary/aromatic N) is 1. The molecule has 27 heavy (non-hydrogen) atoms. The van der Waals surface area contributed by atoms with E-state index in [0.717, 1.165) is 5.39 Å². The molecule has 0 atom stereocenters. The molecule has 136 valence electrons. The number of rotatable bonds is 4. The third-order valence-electron chi connectivity index (χ3n) is 4.07. The fraction of sp³-hybridized carbons (Fsp3) is 0.0556. The van der Waals surface area contributed by atoms with Crippen molar-refractivity contribution in [1.29, 1.82) is 0 Å². The first kappa shape index (κ1) is 17.3. The van der Waals surface area contributed by atoms with Gasteiger partial charge < -0.3 is 15.1 Å². The van der Waals surface area contributed by atoms with Crippen molar-refractivity contribution in [1.82, 2.24) is 9.97 Å². The van der Waals surface area contributed by atoms with Crippen LogP contribution in [-0.2, 0) is 0 Å². The number of aryl methyl sites for hydroxylation is 1. The smallest absolute Gasteiger partial charge is 0.293 e. The van der Waals surface area contributed by atoms with Gasteiger partial charge in [0.05, 0.1) is 5.69 Å². The molecular weight excluding hydrogens is 388 g/mol. The van der Waals surface area contributed by atoms with Crippen LogP contribution in [0.25, 0.3) is 22.2 Å². The number of amides is 2. The number of anilines is 1. The van der Waals surface area contributed by atoms with Crippen molar-refractivity contribution in [3.63, 3.8) is 0 Å². The van der Waals surface area contributed by atoms with Gasteiger partial charge in [0.1, 0.15) is 11.3 Å². The highest BCUT2D eigenvalue weighted by Gasteiger charge is 2.19. The molecule has 0 bridgehead atoms. The van der Waals surface area contributed by atoms with Crippen molar-refractivity contribution < 1.29 is 14.0 Å². The number of H-pyrrole nitrogens is 1. The average Bonchev–Trinajstić information content (AvgIpc) is 3.34. The van der Waals surface area contributed by atoms with Crippen molar-refractivity contribution in [3.8, 4) is 11.3 Å². The summed E-state index contributed by atoms with van der Waals surface area (Å²) in [5.41, 5.74) is 8.14. The molecule has 1 aromatic carbocycles. The second-order valence-corrected chi connectivity index (χ2v) is 7.15. The Kier molecular flexibility index (Phi) is 4.21. The summed E-state index contributed by atoms with van der Waals surface area (Å²) in [6, 6.07) is 6.80. The summed E-state index contributed by atoms with van der Waals surface area (Å²) in [6.07, 6.45) is 1.63. The van der Waals surface area contributed by atoms with Crippen LogP contribution >= 0.6 is 22.9 Å². The molecule has 0 unspecified atom stereocenters. The minimum atomic E-state index is -0.550. The lowest BCUT2D eigenvalue weighted by atomic mass is 10.1. The number of hydrogen-bond acceptors (Lipinski definition) is 5. The molecular formula is C18H13ClN4O3S. The van der Waals surface area contributed by atoms with E-state index < -0.39 is 11.8 Å². The van der Waals surface area contributed by atoms with Gasteiger partial charge in [-0.05, 0) is 31.2 Å². The van der Waals surface area contributed by atoms with Crippen LogP contribution in [-0.4, -0.2) is 21.8 Å². The summed E-state index contributed by atoms with van der Waals surface area (Å²) in [5.74, 6) is -0.736. The van der Waals surface area contributed by atoms with E-state index in [-0.39, 0.29) is 5.76 Å². The topological polar surface area (TPSA) is 114 Å². The van der Waals surface area contributed by atoms with Gasteiger partial charge in [0.2, 0.25) is 0 Å². The summed E-state index contributed by atoms with van der Waals surface area (Å²) in [5, 5.41) is 6.28. The van der Waals surface area contributed by atoms with Crippen LogP contribution in [0.2, 0.25) is 5.02 Å². The lowest BCUT2D eigenvalue weighted by molar-refractivity contribution is 0.0989. The molecule has 9 heteroatoms. The number of halogens is 1. The number of thiazole rings is 1. The number of carbonyl (C=O) groups excluding carboxylic acids is 2. The lowest BCUT2D eigenvalue weighted by Crippen LogP contribution is -2.11. The summed E-state index contributed by atoms with van der Waals surface area (Å²) in [4.78, 5) is 30.9. The predicted octanol–water partition coefficient (Wildman–Crippen LogP) is 4.20. The molecule has 0 radical (unpaired) electrons. The van der Waals surface area contributed by atoms with Gasteiger partial charge >= 0.3 is 0 Å². The molecule has 3 aromatic heterocycles. The minimum absolute atomic E-state index is 0.210. The SMILES string of the molecule is Cc1c(C(=O)Nc2nc(-c3c[nH]c(C(N)=O)c3)cs2)oc2ccc(Cl)cc12. The van der Waals surface area contributed by atoms with E-state index in [4.69, 9.17) is 21.8 Å². The van der Waals surface area contributed by atoms with Crippen LogP contribution in [0.5, 0.6) is 0 Å². The Balaban J connectivity index is 1.58. The molecule has 4 aromatic rings. The molecule has 3 heterocycles. The molecule has 4 rings (SSSR count). The van der Waals surface area contributed by atoms with Gasteiger partial charge in [0.15, 0.2) is 10.9 Å². The third kappa shape index (κ3) is 3.20. The second kappa shape index (κ2) is 6.57. The number of primary amides is 1. The zero-order valence-corrected chi connectivity index (χ0v) is 15.6. The molecule has 7 nitrogen and oxygen atoms in total. The van der Waals surface area contributed by atoms with E-state index >= 15 is 0 Å². The highest BCUT2D eigenvalue weighted by atomic mass is 35.5. The fourth-order valence-electron chi connectivity index (χ4n) is 2.71. The van der Waals surface area contributed by atoms with Crippen molar-refractivity contribution in [3.05, 3.63) is 57.9 Å². The normalized spacial score (nSPS) is 11.0. The zero-order chi connectivity index (χ0) is 19.1. The second-order valence-electron chi connectivity index (χ2n) is 5.85. The summed E-state index contributed by atoms with van der Waals surface area (Å²) < 4.78 is 5.66. The predicted molar refractivity (Wildman–Crippen MR) is 104 cm³/mol. The van der Waals surface area contributed by atoms with Crippen LogP contribution in [0, 0.1) is 6.92 Å². The quantitative estimate of drug-likeness (QED) is 0.476. The maximum atomic E-state index is 12.6. The van der Waals surface area contributed by atoms with Gasteiger partial charge in [-0.25, -0.2) is 4.98 Å². The highest BCUT2D eigenvalue weighted by Crippen LogP contribution is 2.30. The standard InChI is InChI=1S/C18H13ClN4O3S/c1-8-11-5-10(19)2-3-14(11)26-15(8)17(25)23-18-22-13(7-27-18)9-4-12(16(20)24)21-6-9/h2-7,21H,1H3,(H2,20,24)(H,22,23,25). The summed E-state index contributed by atoms with van der Waals surface area (Å²) in [6.45, 7) is 1.80. The van der Waals surface area contributed by atoms with Crippen LogP contribution in [0.1, 0.15) is 26.6 Å². The molecule has 0 aliphatic heterocycles. The van der Waals surface area contributed by atoms with E-state index in [1.807, 2.05) is 0 Å². The van der Waals surface area contributed by atoms with E-state index in [1.54, 1.807) is 42.8 Å². The number of carbonyl (C=O) groups is 2. The number of aromatic amines is 1. The fourth-order valence-corrected chi connectivity index (χ4v) is 3.60. The van der Waals surface area contributed by atoms with Crippen molar-refractivity contribution in [2.45, 2.75) is 6.92 Å². The highest BCUT2D eigenvalue weighted by molar-refractivity contribution is 7.14. The Morgan fingerprint density at radius 3 is 2.89 bits per heavy atom. The van der Waals surface area contributed by atoms with Gasteiger partial charge in [-0.3, -0.25) is 14.9 Å². The summed E-state index contributed by atoms with van der Waals surface area (Å²) >= 11 is 7.27. The van der Waals surface area contributed by atoms with Crippen LogP contribution in [0.15, 0.2) is 40.3 Å². The molecule has 0 spiro atoms. The number of hydrogen-bond donors (Lipinski definition) is 3. The Hall–Kier alpha value is -3.10. The van der Waals surface area contributed by atoms with Crippen LogP contribution in [0.3, 0.4) is 0 Å². The van der Waals surface area contributed by atoms with Crippen molar-refractivity contribution in [2.75, 3.05) is 5.32 Å². The number of benzene rings is 1. The Labute approximate surface area is 162 Å². The number of nitrogens with one attached hydrogen (secondary N) is 2. The monoisotopic (exact) mass is 400 g/mol. The van der Waals surface area contributed by atoms with Gasteiger partial charge in [-0.15, -0.1) is 11.3 Å². The van der Waals surface area contributed by atoms with Crippen molar-refractivity contribution >= 4 is 50.9 Å². The molecule has 4 N–H and O–H groups in total. The first-order chi connectivity index (χ1) is 12.9. The molecule has 0 saturated heterocycles. The number of fused-ring (bicyclic) bond motifs is 1. The van der Waals surface area contributed by atoms with Gasteiger partial charge in [0.25, 0.3) is 11.8 Å². The van der Waals surface area contributed by atoms with Crippen LogP contribution in [0.4, 0.5) is 5.13 Å². The van der Waals surface area contributed by atoms with E-state index in [9.17, 15) is 9.59 Å². The van der Waals surface area contributed by atoms with Crippen molar-refractivity contribution in [2.24, 2.45) is 5.73 Å². The molecule has 0 aliphatic rings. The largest absolute Gasteiger partial charge is 0.451 e. The average molecular weight is 401 g/mol.